The fourth-order valence-electron chi connectivity index (χ4n) is 7.14. The van der Waals surface area contributed by atoms with Crippen LogP contribution in [0.15, 0.2) is 12.2 Å². The number of carbonyl (C=O) groups excluding carboxylic acids is 2. The Morgan fingerprint density at radius 2 is 0.741 bits per heavy atom. The van der Waals surface area contributed by atoms with E-state index < -0.39 is 6.10 Å². The van der Waals surface area contributed by atoms with E-state index in [1.165, 1.54) is 186 Å². The molecule has 0 aromatic rings. The molecule has 0 aromatic heterocycles. The monoisotopic (exact) mass is 763 g/mol. The second kappa shape index (κ2) is 46.0. The molecule has 0 aliphatic heterocycles. The first-order valence-electron chi connectivity index (χ1n) is 24.2. The molecule has 1 unspecified atom stereocenters. The Hall–Kier alpha value is -1.36. The second-order valence-corrected chi connectivity index (χ2v) is 16.4. The van der Waals surface area contributed by atoms with E-state index in [0.717, 1.165) is 44.9 Å². The van der Waals surface area contributed by atoms with E-state index >= 15 is 0 Å². The van der Waals surface area contributed by atoms with E-state index in [2.05, 4.69) is 32.9 Å². The maximum atomic E-state index is 12.7. The summed E-state index contributed by atoms with van der Waals surface area (Å²) in [7, 11) is 0. The highest BCUT2D eigenvalue weighted by Gasteiger charge is 2.17. The lowest BCUT2D eigenvalue weighted by Gasteiger charge is -2.18. The molecule has 1 atom stereocenters. The van der Waals surface area contributed by atoms with Crippen molar-refractivity contribution in [1.82, 2.24) is 0 Å². The van der Waals surface area contributed by atoms with Crippen LogP contribution in [0.2, 0.25) is 0 Å². The van der Waals surface area contributed by atoms with E-state index in [9.17, 15) is 9.59 Å². The van der Waals surface area contributed by atoms with Gasteiger partial charge in [-0.25, -0.2) is 0 Å². The summed E-state index contributed by atoms with van der Waals surface area (Å²) in [6.45, 7) is 7.81. The summed E-state index contributed by atoms with van der Waals surface area (Å²) in [6, 6.07) is 0. The van der Waals surface area contributed by atoms with Crippen LogP contribution in [0, 0.1) is 0 Å². The van der Waals surface area contributed by atoms with Gasteiger partial charge in [0, 0.05) is 19.4 Å². The zero-order chi connectivity index (χ0) is 39.3. The fraction of sp³-hybridized carbons (Fsp3) is 0.918. The van der Waals surface area contributed by atoms with Crippen molar-refractivity contribution in [3.63, 3.8) is 0 Å². The van der Waals surface area contributed by atoms with Crippen LogP contribution in [0.3, 0.4) is 0 Å². The molecule has 5 nitrogen and oxygen atoms in total. The van der Waals surface area contributed by atoms with Crippen LogP contribution in [0.4, 0.5) is 0 Å². The molecule has 0 aliphatic carbocycles. The number of hydrogen-bond donors (Lipinski definition) is 0. The Labute approximate surface area is 337 Å². The van der Waals surface area contributed by atoms with Gasteiger partial charge in [0.15, 0.2) is 6.10 Å². The van der Waals surface area contributed by atoms with Crippen LogP contribution in [-0.4, -0.2) is 37.9 Å². The van der Waals surface area contributed by atoms with Gasteiger partial charge in [-0.3, -0.25) is 9.59 Å². The Morgan fingerprint density at radius 3 is 1.19 bits per heavy atom. The molecule has 0 aromatic carbocycles. The third kappa shape index (κ3) is 43.4. The summed E-state index contributed by atoms with van der Waals surface area (Å²) in [6.07, 6.45) is 50.8. The van der Waals surface area contributed by atoms with Crippen LogP contribution in [0.5, 0.6) is 0 Å². The Balaban J connectivity index is 4.06. The molecule has 0 aliphatic rings. The quantitative estimate of drug-likeness (QED) is 0.0351. The van der Waals surface area contributed by atoms with Crippen LogP contribution < -0.4 is 0 Å². The lowest BCUT2D eigenvalue weighted by atomic mass is 10.0. The summed E-state index contributed by atoms with van der Waals surface area (Å²) in [5.41, 5.74) is 0. The molecule has 0 bridgehead atoms. The summed E-state index contributed by atoms with van der Waals surface area (Å²) in [4.78, 5) is 25.2. The molecule has 0 fully saturated rings. The first-order chi connectivity index (χ1) is 26.6. The zero-order valence-electron chi connectivity index (χ0n) is 36.8. The van der Waals surface area contributed by atoms with Crippen LogP contribution in [-0.2, 0) is 23.8 Å². The third-order valence-electron chi connectivity index (χ3n) is 10.8. The maximum Gasteiger partial charge on any atom is 0.306 e. The first-order valence-corrected chi connectivity index (χ1v) is 24.2. The Morgan fingerprint density at radius 1 is 0.389 bits per heavy atom. The van der Waals surface area contributed by atoms with Crippen LogP contribution in [0.1, 0.15) is 265 Å². The molecule has 5 heteroatoms. The minimum Gasteiger partial charge on any atom is -0.462 e. The van der Waals surface area contributed by atoms with Crippen molar-refractivity contribution in [1.29, 1.82) is 0 Å². The molecule has 0 amide bonds. The zero-order valence-corrected chi connectivity index (χ0v) is 36.8. The fourth-order valence-corrected chi connectivity index (χ4v) is 7.14. The minimum atomic E-state index is -0.528. The van der Waals surface area contributed by atoms with Crippen molar-refractivity contribution in [2.24, 2.45) is 0 Å². The molecule has 0 spiro atoms. The van der Waals surface area contributed by atoms with Gasteiger partial charge in [-0.05, 0) is 38.5 Å². The topological polar surface area (TPSA) is 61.8 Å². The highest BCUT2D eigenvalue weighted by atomic mass is 16.6. The van der Waals surface area contributed by atoms with Gasteiger partial charge in [-0.15, -0.1) is 0 Å². The standard InChI is InChI=1S/C49H94O5/c1-4-7-10-13-16-19-21-22-23-24-25-26-27-28-30-31-33-36-39-42-48(50)53-46-47(45-52-44-41-38-35-18-15-12-9-6-3)54-49(51)43-40-37-34-32-29-20-17-14-11-8-5-2/h14,17,47H,4-13,15-16,18-46H2,1-3H3/b17-14-. The molecule has 0 N–H and O–H groups in total. The van der Waals surface area contributed by atoms with E-state index in [-0.39, 0.29) is 18.5 Å². The van der Waals surface area contributed by atoms with Gasteiger partial charge in [0.2, 0.25) is 0 Å². The Bertz CT molecular complexity index is 780. The molecule has 0 heterocycles. The van der Waals surface area contributed by atoms with Gasteiger partial charge in [-0.2, -0.15) is 0 Å². The number of allylic oxidation sites excluding steroid dienone is 2. The van der Waals surface area contributed by atoms with E-state index in [1.54, 1.807) is 0 Å². The summed E-state index contributed by atoms with van der Waals surface area (Å²) >= 11 is 0. The molecular weight excluding hydrogens is 669 g/mol. The van der Waals surface area contributed by atoms with Gasteiger partial charge in [0.25, 0.3) is 0 Å². The lowest BCUT2D eigenvalue weighted by Crippen LogP contribution is -2.30. The maximum absolute atomic E-state index is 12.7. The second-order valence-electron chi connectivity index (χ2n) is 16.4. The van der Waals surface area contributed by atoms with Crippen molar-refractivity contribution in [3.05, 3.63) is 12.2 Å². The minimum absolute atomic E-state index is 0.0902. The Kier molecular flexibility index (Phi) is 44.9. The largest absolute Gasteiger partial charge is 0.462 e. The van der Waals surface area contributed by atoms with Gasteiger partial charge in [0.05, 0.1) is 6.61 Å². The summed E-state index contributed by atoms with van der Waals surface area (Å²) in [5.74, 6) is -0.393. The molecule has 0 radical (unpaired) electrons. The number of unbranched alkanes of at least 4 members (excludes halogenated alkanes) is 32. The van der Waals surface area contributed by atoms with E-state index in [1.807, 2.05) is 0 Å². The molecule has 0 saturated heterocycles. The van der Waals surface area contributed by atoms with Gasteiger partial charge >= 0.3 is 11.9 Å². The number of rotatable bonds is 45. The lowest BCUT2D eigenvalue weighted by molar-refractivity contribution is -0.163. The smallest absolute Gasteiger partial charge is 0.306 e. The number of esters is 2. The average Bonchev–Trinajstić information content (AvgIpc) is 3.17. The molecule has 0 saturated carbocycles. The highest BCUT2D eigenvalue weighted by Crippen LogP contribution is 2.16. The highest BCUT2D eigenvalue weighted by molar-refractivity contribution is 5.70. The number of carbonyl (C=O) groups is 2. The van der Waals surface area contributed by atoms with Crippen molar-refractivity contribution in [2.45, 2.75) is 271 Å². The molecular formula is C49H94O5. The van der Waals surface area contributed by atoms with Gasteiger partial charge in [0.1, 0.15) is 6.61 Å². The molecule has 54 heavy (non-hydrogen) atoms. The number of ether oxygens (including phenoxy) is 3. The predicted molar refractivity (Wildman–Crippen MR) is 233 cm³/mol. The van der Waals surface area contributed by atoms with Gasteiger partial charge in [-0.1, -0.05) is 226 Å². The van der Waals surface area contributed by atoms with Crippen LogP contribution >= 0.6 is 0 Å². The van der Waals surface area contributed by atoms with Crippen molar-refractivity contribution in [3.8, 4) is 0 Å². The molecule has 320 valence electrons. The van der Waals surface area contributed by atoms with E-state index in [4.69, 9.17) is 14.2 Å². The normalized spacial score (nSPS) is 12.1. The van der Waals surface area contributed by atoms with Crippen LogP contribution in [0.25, 0.3) is 0 Å². The van der Waals surface area contributed by atoms with Gasteiger partial charge < -0.3 is 14.2 Å². The summed E-state index contributed by atoms with van der Waals surface area (Å²) in [5, 5.41) is 0. The summed E-state index contributed by atoms with van der Waals surface area (Å²) < 4.78 is 17.3. The van der Waals surface area contributed by atoms with Crippen molar-refractivity contribution >= 4 is 11.9 Å². The SMILES string of the molecule is CCCC/C=C\CCCCCCCC(=O)OC(COCCCCCCCCCC)COC(=O)CCCCCCCCCCCCCCCCCCCCC. The number of hydrogen-bond acceptors (Lipinski definition) is 5. The third-order valence-corrected chi connectivity index (χ3v) is 10.8. The first kappa shape index (κ1) is 52.6. The van der Waals surface area contributed by atoms with Crippen molar-refractivity contribution < 1.29 is 23.8 Å². The average molecular weight is 763 g/mol. The van der Waals surface area contributed by atoms with Crippen molar-refractivity contribution in [2.75, 3.05) is 19.8 Å². The predicted octanol–water partition coefficient (Wildman–Crippen LogP) is 15.9. The van der Waals surface area contributed by atoms with E-state index in [0.29, 0.717) is 26.1 Å². The molecule has 0 rings (SSSR count).